The Labute approximate surface area is 575 Å². The Balaban J connectivity index is 4.01. The summed E-state index contributed by atoms with van der Waals surface area (Å²) in [5, 5.41) is 11.9. The van der Waals surface area contributed by atoms with Crippen LogP contribution in [0.5, 0.6) is 0 Å². The number of esters is 2. The average molecular weight is 1300 g/mol. The Morgan fingerprint density at radius 2 is 0.613 bits per heavy atom. The van der Waals surface area contributed by atoms with E-state index in [2.05, 4.69) is 123 Å². The van der Waals surface area contributed by atoms with Crippen LogP contribution in [-0.4, -0.2) is 82.3 Å². The lowest BCUT2D eigenvalue weighted by Crippen LogP contribution is -2.44. The number of rotatable bonds is 72. The van der Waals surface area contributed by atoms with Gasteiger partial charge in [0.2, 0.25) is 0 Å². The molecule has 0 rings (SSSR count). The highest BCUT2D eigenvalue weighted by Gasteiger charge is 2.22. The molecule has 0 aliphatic carbocycles. The number of carbonyl (C=O) groups is 3. The summed E-state index contributed by atoms with van der Waals surface area (Å²) in [6.45, 7) is 4.66. The average Bonchev–Trinajstić information content (AvgIpc) is 3.38. The highest BCUT2D eigenvalue weighted by molar-refractivity contribution is 5.70. The molecule has 2 atom stereocenters. The fourth-order valence-corrected chi connectivity index (χ4v) is 11.1. The van der Waals surface area contributed by atoms with E-state index in [4.69, 9.17) is 18.9 Å². The highest BCUT2D eigenvalue weighted by atomic mass is 16.7. The number of quaternary nitrogens is 1. The van der Waals surface area contributed by atoms with Crippen LogP contribution in [0.2, 0.25) is 0 Å². The summed E-state index contributed by atoms with van der Waals surface area (Å²) >= 11 is 0. The molecular formula is C84H147NO8. The number of ether oxygens (including phenoxy) is 4. The molecule has 0 saturated heterocycles. The van der Waals surface area contributed by atoms with E-state index in [-0.39, 0.29) is 38.6 Å². The summed E-state index contributed by atoms with van der Waals surface area (Å²) in [6, 6.07) is 0. The van der Waals surface area contributed by atoms with Gasteiger partial charge < -0.3 is 33.3 Å². The molecule has 0 N–H and O–H groups in total. The van der Waals surface area contributed by atoms with E-state index < -0.39 is 24.3 Å². The molecule has 0 aliphatic heterocycles. The number of nitrogens with zero attached hydrogens (tertiary/aromatic N) is 1. The molecule has 93 heavy (non-hydrogen) atoms. The molecule has 0 saturated carbocycles. The molecule has 2 unspecified atom stereocenters. The predicted molar refractivity (Wildman–Crippen MR) is 398 cm³/mol. The third kappa shape index (κ3) is 75.2. The van der Waals surface area contributed by atoms with Crippen LogP contribution < -0.4 is 5.11 Å². The number of unbranched alkanes of at least 4 members (excludes halogenated alkanes) is 39. The van der Waals surface area contributed by atoms with Crippen LogP contribution in [0.3, 0.4) is 0 Å². The van der Waals surface area contributed by atoms with Gasteiger partial charge in [-0.25, -0.2) is 0 Å². The van der Waals surface area contributed by atoms with Crippen molar-refractivity contribution in [2.24, 2.45) is 0 Å². The van der Waals surface area contributed by atoms with Gasteiger partial charge in [-0.05, 0) is 103 Å². The molecule has 0 fully saturated rings. The molecule has 0 aromatic heterocycles. The second kappa shape index (κ2) is 73.8. The van der Waals surface area contributed by atoms with E-state index >= 15 is 0 Å². The van der Waals surface area contributed by atoms with Crippen molar-refractivity contribution in [2.75, 3.05) is 47.5 Å². The zero-order valence-electron chi connectivity index (χ0n) is 61.4. The van der Waals surface area contributed by atoms with Crippen LogP contribution in [0.1, 0.15) is 348 Å². The Hall–Kier alpha value is -4.05. The van der Waals surface area contributed by atoms with E-state index in [1.54, 1.807) is 0 Å². The van der Waals surface area contributed by atoms with Gasteiger partial charge in [0.05, 0.1) is 40.3 Å². The quantitative estimate of drug-likeness (QED) is 0.0195. The fraction of sp³-hybridized carbons (Fsp3) is 0.750. The number of allylic oxidation sites excluding steroid dienone is 18. The van der Waals surface area contributed by atoms with E-state index in [1.807, 2.05) is 21.1 Å². The maximum absolute atomic E-state index is 13.0. The zero-order chi connectivity index (χ0) is 67.5. The Kier molecular flexibility index (Phi) is 70.5. The third-order valence-corrected chi connectivity index (χ3v) is 17.0. The van der Waals surface area contributed by atoms with Crippen LogP contribution in [0.15, 0.2) is 109 Å². The standard InChI is InChI=1S/C84H147NO8/c1-6-8-10-12-14-16-18-20-22-24-26-28-30-32-34-35-36-37-38-39-40-41-42-43-44-45-46-47-49-51-53-55-57-59-61-63-65-67-69-71-73-75-82(87)93-80(79-92-84(83(88)89)90-77-76-85(3,4)5)78-91-81(86)74-72-70-68-66-64-62-60-58-56-54-52-50-48-33-31-29-27-25-23-21-19-17-15-13-11-9-7-2/h8,10,14,16,19-22,25-28,31-34,36-37,80,84H,6-7,9,11-13,15,17-18,23-24,29-30,35,38-79H2,1-5H3/b10-8-,16-14-,21-19-,22-20-,27-25-,28-26-,33-31-,34-32-,37-36-. The molecule has 9 nitrogen and oxygen atoms in total. The molecular weight excluding hydrogens is 1150 g/mol. The minimum Gasteiger partial charge on any atom is -0.545 e. The van der Waals surface area contributed by atoms with Gasteiger partial charge in [0.1, 0.15) is 13.2 Å². The first kappa shape index (κ1) is 89.0. The highest BCUT2D eigenvalue weighted by Crippen LogP contribution is 2.18. The van der Waals surface area contributed by atoms with Crippen molar-refractivity contribution < 1.29 is 42.9 Å². The van der Waals surface area contributed by atoms with E-state index in [9.17, 15) is 19.5 Å². The van der Waals surface area contributed by atoms with Crippen LogP contribution in [-0.2, 0) is 33.3 Å². The second-order valence-corrected chi connectivity index (χ2v) is 27.3. The lowest BCUT2D eigenvalue weighted by Gasteiger charge is -2.26. The van der Waals surface area contributed by atoms with Gasteiger partial charge in [0, 0.05) is 12.8 Å². The molecule has 0 amide bonds. The van der Waals surface area contributed by atoms with Crippen LogP contribution in [0.25, 0.3) is 0 Å². The zero-order valence-corrected chi connectivity index (χ0v) is 61.4. The van der Waals surface area contributed by atoms with Crippen molar-refractivity contribution in [2.45, 2.75) is 360 Å². The Morgan fingerprint density at radius 1 is 0.333 bits per heavy atom. The number of carboxylic acids is 1. The van der Waals surface area contributed by atoms with Crippen molar-refractivity contribution in [1.29, 1.82) is 0 Å². The number of hydrogen-bond acceptors (Lipinski definition) is 8. The molecule has 0 spiro atoms. The van der Waals surface area contributed by atoms with Gasteiger partial charge in [-0.3, -0.25) is 9.59 Å². The van der Waals surface area contributed by atoms with E-state index in [0.29, 0.717) is 17.4 Å². The number of likely N-dealkylation sites (N-methyl/N-ethyl adjacent to an activating group) is 1. The minimum absolute atomic E-state index is 0.146. The second-order valence-electron chi connectivity index (χ2n) is 27.3. The molecule has 9 heteroatoms. The van der Waals surface area contributed by atoms with E-state index in [1.165, 1.54) is 231 Å². The summed E-state index contributed by atoms with van der Waals surface area (Å²) < 4.78 is 22.9. The lowest BCUT2D eigenvalue weighted by atomic mass is 10.0. The summed E-state index contributed by atoms with van der Waals surface area (Å²) in [7, 11) is 5.94. The number of carboxylic acid groups (broad SMARTS) is 1. The topological polar surface area (TPSA) is 111 Å². The van der Waals surface area contributed by atoms with Gasteiger partial charge in [-0.2, -0.15) is 0 Å². The fourth-order valence-electron chi connectivity index (χ4n) is 11.1. The van der Waals surface area contributed by atoms with Crippen molar-refractivity contribution in [3.63, 3.8) is 0 Å². The molecule has 0 radical (unpaired) electrons. The molecule has 0 heterocycles. The SMILES string of the molecule is CC/C=C\C/C=C\C/C=C\C/C=C\C/C=C\C/C=C\CCCCCCCCCCCCCCCCCCCCCCCCC(=O)OC(COC(=O)CCCCCCCCCCCCCC/C=C\C/C=C\C/C=C\CCCCCCC)COC(OCC[N+](C)(C)C)C(=O)[O-]. The number of hydrogen-bond donors (Lipinski definition) is 0. The van der Waals surface area contributed by atoms with Gasteiger partial charge in [0.15, 0.2) is 12.4 Å². The predicted octanol–water partition coefficient (Wildman–Crippen LogP) is 23.6. The largest absolute Gasteiger partial charge is 0.545 e. The number of carbonyl (C=O) groups excluding carboxylic acids is 3. The van der Waals surface area contributed by atoms with Gasteiger partial charge >= 0.3 is 11.9 Å². The Bertz CT molecular complexity index is 1900. The third-order valence-electron chi connectivity index (χ3n) is 17.0. The van der Waals surface area contributed by atoms with Crippen LogP contribution in [0.4, 0.5) is 0 Å². The summed E-state index contributed by atoms with van der Waals surface area (Å²) in [6.07, 6.45) is 101. The Morgan fingerprint density at radius 3 is 0.914 bits per heavy atom. The van der Waals surface area contributed by atoms with Crippen molar-refractivity contribution in [3.05, 3.63) is 109 Å². The van der Waals surface area contributed by atoms with Crippen molar-refractivity contribution in [3.8, 4) is 0 Å². The van der Waals surface area contributed by atoms with Crippen LogP contribution >= 0.6 is 0 Å². The number of aliphatic carboxylic acids is 1. The molecule has 0 bridgehead atoms. The normalized spacial score (nSPS) is 13.3. The maximum atomic E-state index is 13.0. The smallest absolute Gasteiger partial charge is 0.306 e. The monoisotopic (exact) mass is 1300 g/mol. The maximum Gasteiger partial charge on any atom is 0.306 e. The lowest BCUT2D eigenvalue weighted by molar-refractivity contribution is -0.870. The first-order chi connectivity index (χ1) is 45.6. The van der Waals surface area contributed by atoms with Gasteiger partial charge in [-0.15, -0.1) is 0 Å². The van der Waals surface area contributed by atoms with Gasteiger partial charge in [0.25, 0.3) is 0 Å². The molecule has 0 aromatic carbocycles. The van der Waals surface area contributed by atoms with Crippen molar-refractivity contribution >= 4 is 17.9 Å². The first-order valence-corrected chi connectivity index (χ1v) is 39.0. The summed E-state index contributed by atoms with van der Waals surface area (Å²) in [5.41, 5.74) is 0. The van der Waals surface area contributed by atoms with Gasteiger partial charge in [-0.1, -0.05) is 342 Å². The molecule has 0 aliphatic rings. The summed E-state index contributed by atoms with van der Waals surface area (Å²) in [5.74, 6) is -2.27. The van der Waals surface area contributed by atoms with Crippen molar-refractivity contribution in [1.82, 2.24) is 0 Å². The molecule has 536 valence electrons. The summed E-state index contributed by atoms with van der Waals surface area (Å²) in [4.78, 5) is 37.6. The first-order valence-electron chi connectivity index (χ1n) is 39.0. The minimum atomic E-state index is -1.63. The van der Waals surface area contributed by atoms with E-state index in [0.717, 1.165) is 83.5 Å². The van der Waals surface area contributed by atoms with Crippen LogP contribution in [0, 0.1) is 0 Å². The molecule has 0 aromatic rings.